The first-order valence-electron chi connectivity index (χ1n) is 7.64. The van der Waals surface area contributed by atoms with Crippen LogP contribution in [0, 0.1) is 0 Å². The molecule has 2 rings (SSSR count). The third-order valence-corrected chi connectivity index (χ3v) is 4.62. The Morgan fingerprint density at radius 2 is 2.10 bits per heavy atom. The highest BCUT2D eigenvalue weighted by atomic mass is 32.2. The molecule has 0 amide bonds. The van der Waals surface area contributed by atoms with Gasteiger partial charge in [-0.05, 0) is 19.4 Å². The van der Waals surface area contributed by atoms with Crippen LogP contribution in [-0.4, -0.2) is 22.3 Å². The van der Waals surface area contributed by atoms with Gasteiger partial charge in [-0.3, -0.25) is 4.21 Å². The van der Waals surface area contributed by atoms with Gasteiger partial charge >= 0.3 is 0 Å². The number of furan rings is 1. The summed E-state index contributed by atoms with van der Waals surface area (Å²) in [6, 6.07) is 8.45. The molecule has 0 radical (unpaired) electrons. The predicted octanol–water partition coefficient (Wildman–Crippen LogP) is 3.63. The van der Waals surface area contributed by atoms with Crippen molar-refractivity contribution < 1.29 is 8.63 Å². The van der Waals surface area contributed by atoms with Gasteiger partial charge in [-0.25, -0.2) is 0 Å². The van der Waals surface area contributed by atoms with Crippen molar-refractivity contribution in [2.45, 2.75) is 45.7 Å². The van der Waals surface area contributed by atoms with E-state index in [9.17, 15) is 4.21 Å². The summed E-state index contributed by atoms with van der Waals surface area (Å²) in [5.74, 6) is 1.77. The number of unbranched alkanes of at least 4 members (excludes halogenated alkanes) is 1. The van der Waals surface area contributed by atoms with E-state index in [1.54, 1.807) is 6.26 Å². The number of benzene rings is 1. The number of aryl methyl sites for hydroxylation is 1. The third kappa shape index (κ3) is 4.42. The van der Waals surface area contributed by atoms with Gasteiger partial charge in [0, 0.05) is 52.8 Å². The maximum Gasteiger partial charge on any atom is 0.134 e. The zero-order valence-electron chi connectivity index (χ0n) is 13.1. The number of para-hydroxylation sites is 1. The van der Waals surface area contributed by atoms with Crippen LogP contribution >= 0.6 is 0 Å². The van der Waals surface area contributed by atoms with Crippen LogP contribution in [0.5, 0.6) is 0 Å². The molecule has 1 aromatic carbocycles. The first kappa shape index (κ1) is 16.2. The summed E-state index contributed by atoms with van der Waals surface area (Å²) in [4.78, 5) is 0. The second-order valence-electron chi connectivity index (χ2n) is 5.63. The van der Waals surface area contributed by atoms with Crippen molar-refractivity contribution in [3.05, 3.63) is 35.6 Å². The van der Waals surface area contributed by atoms with Gasteiger partial charge in [0.25, 0.3) is 0 Å². The molecule has 2 unspecified atom stereocenters. The molecule has 4 heteroatoms. The zero-order chi connectivity index (χ0) is 15.2. The monoisotopic (exact) mass is 307 g/mol. The molecule has 0 saturated carbocycles. The van der Waals surface area contributed by atoms with Crippen LogP contribution in [-0.2, 0) is 23.8 Å². The van der Waals surface area contributed by atoms with Crippen LogP contribution in [0.3, 0.4) is 0 Å². The maximum absolute atomic E-state index is 11.3. The van der Waals surface area contributed by atoms with Gasteiger partial charge in [-0.15, -0.1) is 0 Å². The van der Waals surface area contributed by atoms with Gasteiger partial charge in [0.05, 0.1) is 0 Å². The standard InChI is InChI=1S/C17H25NO2S/c1-4-5-9-17-15(11-18-13(2)12-21(3)19)14-8-6-7-10-16(14)20-17/h6-8,10,13,18H,4-5,9,11-12H2,1-3H3. The summed E-state index contributed by atoms with van der Waals surface area (Å²) in [5.41, 5.74) is 2.22. The molecule has 0 aliphatic rings. The Morgan fingerprint density at radius 1 is 1.33 bits per heavy atom. The quantitative estimate of drug-likeness (QED) is 0.809. The Morgan fingerprint density at radius 3 is 2.81 bits per heavy atom. The molecule has 116 valence electrons. The third-order valence-electron chi connectivity index (χ3n) is 3.65. The lowest BCUT2D eigenvalue weighted by molar-refractivity contribution is 0.518. The second kappa shape index (κ2) is 7.76. The maximum atomic E-state index is 11.3. The van der Waals surface area contributed by atoms with E-state index >= 15 is 0 Å². The summed E-state index contributed by atoms with van der Waals surface area (Å²) in [6.07, 6.45) is 5.03. The SMILES string of the molecule is CCCCc1oc2ccccc2c1CNC(C)CS(C)=O. The Bertz CT molecular complexity index is 606. The number of hydrogen-bond donors (Lipinski definition) is 1. The van der Waals surface area contributed by atoms with E-state index in [2.05, 4.69) is 31.3 Å². The van der Waals surface area contributed by atoms with Gasteiger partial charge < -0.3 is 9.73 Å². The molecule has 3 nitrogen and oxygen atoms in total. The Balaban J connectivity index is 2.17. The molecule has 0 saturated heterocycles. The van der Waals surface area contributed by atoms with E-state index in [0.717, 1.165) is 37.2 Å². The van der Waals surface area contributed by atoms with E-state index in [0.29, 0.717) is 5.75 Å². The fourth-order valence-electron chi connectivity index (χ4n) is 2.57. The predicted molar refractivity (Wildman–Crippen MR) is 90.1 cm³/mol. The molecule has 2 atom stereocenters. The first-order chi connectivity index (χ1) is 10.1. The van der Waals surface area contributed by atoms with E-state index in [1.807, 2.05) is 12.1 Å². The van der Waals surface area contributed by atoms with E-state index in [4.69, 9.17) is 4.42 Å². The molecule has 0 fully saturated rings. The van der Waals surface area contributed by atoms with Gasteiger partial charge in [0.1, 0.15) is 11.3 Å². The molecule has 1 N–H and O–H groups in total. The minimum Gasteiger partial charge on any atom is -0.461 e. The molecule has 0 aliphatic carbocycles. The number of nitrogens with one attached hydrogen (secondary N) is 1. The lowest BCUT2D eigenvalue weighted by atomic mass is 10.1. The normalized spacial score (nSPS) is 14.4. The van der Waals surface area contributed by atoms with Crippen LogP contribution in [0.25, 0.3) is 11.0 Å². The summed E-state index contributed by atoms with van der Waals surface area (Å²) in [6.45, 7) is 5.04. The molecule has 1 heterocycles. The summed E-state index contributed by atoms with van der Waals surface area (Å²) in [7, 11) is -0.767. The molecule has 0 spiro atoms. The minimum atomic E-state index is -0.767. The molecule has 21 heavy (non-hydrogen) atoms. The van der Waals surface area contributed by atoms with Crippen LogP contribution in [0.15, 0.2) is 28.7 Å². The lowest BCUT2D eigenvalue weighted by Crippen LogP contribution is -2.30. The fourth-order valence-corrected chi connectivity index (χ4v) is 3.39. The highest BCUT2D eigenvalue weighted by Gasteiger charge is 2.14. The van der Waals surface area contributed by atoms with Crippen molar-refractivity contribution in [3.8, 4) is 0 Å². The van der Waals surface area contributed by atoms with E-state index < -0.39 is 10.8 Å². The average Bonchev–Trinajstić information content (AvgIpc) is 2.79. The summed E-state index contributed by atoms with van der Waals surface area (Å²) in [5, 5.41) is 4.67. The van der Waals surface area contributed by atoms with E-state index in [-0.39, 0.29) is 6.04 Å². The number of fused-ring (bicyclic) bond motifs is 1. The summed E-state index contributed by atoms with van der Waals surface area (Å²) < 4.78 is 17.3. The van der Waals surface area contributed by atoms with Crippen LogP contribution in [0.4, 0.5) is 0 Å². The Hall–Kier alpha value is -1.13. The highest BCUT2D eigenvalue weighted by molar-refractivity contribution is 7.84. The van der Waals surface area contributed by atoms with Gasteiger partial charge in [0.2, 0.25) is 0 Å². The molecule has 1 aromatic heterocycles. The topological polar surface area (TPSA) is 42.2 Å². The first-order valence-corrected chi connectivity index (χ1v) is 9.37. The Kier molecular flexibility index (Phi) is 6.00. The molecular weight excluding hydrogens is 282 g/mol. The molecule has 0 bridgehead atoms. The summed E-state index contributed by atoms with van der Waals surface area (Å²) >= 11 is 0. The average molecular weight is 307 g/mol. The van der Waals surface area contributed by atoms with Gasteiger partial charge in [0.15, 0.2) is 0 Å². The van der Waals surface area contributed by atoms with Crippen LogP contribution in [0.1, 0.15) is 38.0 Å². The molecule has 0 aliphatic heterocycles. The number of rotatable bonds is 8. The van der Waals surface area contributed by atoms with Crippen molar-refractivity contribution in [2.75, 3.05) is 12.0 Å². The largest absolute Gasteiger partial charge is 0.461 e. The van der Waals surface area contributed by atoms with Crippen molar-refractivity contribution in [1.82, 2.24) is 5.32 Å². The van der Waals surface area contributed by atoms with Crippen LogP contribution in [0.2, 0.25) is 0 Å². The second-order valence-corrected chi connectivity index (χ2v) is 7.11. The van der Waals surface area contributed by atoms with Crippen LogP contribution < -0.4 is 5.32 Å². The lowest BCUT2D eigenvalue weighted by Gasteiger charge is -2.12. The van der Waals surface area contributed by atoms with E-state index in [1.165, 1.54) is 10.9 Å². The van der Waals surface area contributed by atoms with Gasteiger partial charge in [-0.2, -0.15) is 0 Å². The van der Waals surface area contributed by atoms with Crippen molar-refractivity contribution in [3.63, 3.8) is 0 Å². The fraction of sp³-hybridized carbons (Fsp3) is 0.529. The Labute approximate surface area is 129 Å². The zero-order valence-corrected chi connectivity index (χ0v) is 14.0. The highest BCUT2D eigenvalue weighted by Crippen LogP contribution is 2.27. The smallest absolute Gasteiger partial charge is 0.134 e. The van der Waals surface area contributed by atoms with Crippen molar-refractivity contribution in [1.29, 1.82) is 0 Å². The van der Waals surface area contributed by atoms with Gasteiger partial charge in [-0.1, -0.05) is 31.5 Å². The number of hydrogen-bond acceptors (Lipinski definition) is 3. The molecule has 2 aromatic rings. The van der Waals surface area contributed by atoms with Crippen molar-refractivity contribution >= 4 is 21.8 Å². The molecular formula is C17H25NO2S. The minimum absolute atomic E-state index is 0.239. The van der Waals surface area contributed by atoms with Crippen molar-refractivity contribution in [2.24, 2.45) is 0 Å².